The number of rotatable bonds is 5. The summed E-state index contributed by atoms with van der Waals surface area (Å²) in [7, 11) is 0. The van der Waals surface area contributed by atoms with Crippen molar-refractivity contribution in [3.8, 4) is 0 Å². The smallest absolute Gasteiger partial charge is 0.243 e. The van der Waals surface area contributed by atoms with E-state index in [0.29, 0.717) is 17.8 Å². The van der Waals surface area contributed by atoms with Crippen molar-refractivity contribution in [2.45, 2.75) is 91.6 Å². The average molecular weight is 429 g/mol. The van der Waals surface area contributed by atoms with E-state index in [1.807, 2.05) is 6.92 Å². The van der Waals surface area contributed by atoms with Gasteiger partial charge in [0.2, 0.25) is 11.8 Å². The summed E-state index contributed by atoms with van der Waals surface area (Å²) in [6.07, 6.45) is 11.1. The molecule has 0 saturated heterocycles. The topological polar surface area (TPSA) is 75.3 Å². The van der Waals surface area contributed by atoms with Crippen LogP contribution < -0.4 is 10.6 Å². The van der Waals surface area contributed by atoms with E-state index in [0.717, 1.165) is 44.9 Å². The van der Waals surface area contributed by atoms with Crippen molar-refractivity contribution >= 4 is 17.6 Å². The average Bonchev–Trinajstić information content (AvgIpc) is 3.09. The molecule has 4 rings (SSSR count). The molecule has 3 aliphatic carbocycles. The molecule has 0 aromatic carbocycles. The Kier molecular flexibility index (Phi) is 5.85. The summed E-state index contributed by atoms with van der Waals surface area (Å²) in [5, 5.41) is 6.36. The van der Waals surface area contributed by atoms with Gasteiger partial charge in [0.25, 0.3) is 0 Å². The second-order valence-corrected chi connectivity index (χ2v) is 11.4. The van der Waals surface area contributed by atoms with E-state index in [2.05, 4.69) is 37.5 Å². The fraction of sp³-hybridized carbons (Fsp3) is 0.808. The molecule has 0 bridgehead atoms. The lowest BCUT2D eigenvalue weighted by Crippen LogP contribution is -2.59. The van der Waals surface area contributed by atoms with Crippen LogP contribution in [-0.2, 0) is 14.4 Å². The number of Topliss-reactive ketones (excluding diaryl/α,β-unsaturated/α-hetero) is 1. The van der Waals surface area contributed by atoms with Crippen molar-refractivity contribution in [1.82, 2.24) is 10.6 Å². The van der Waals surface area contributed by atoms with Crippen molar-refractivity contribution in [3.05, 3.63) is 12.2 Å². The van der Waals surface area contributed by atoms with Gasteiger partial charge in [-0.05, 0) is 80.6 Å². The standard InChI is InChI=1S/C26H40N2O3/c1-6-15(2)23(16(3)29)28-24(31)20-9-8-18-17-7-10-21-26(5,14-12-22(30)27-21)19(17)11-13-25(18,20)4/h12,14-15,17-21,23H,6-11,13H2,1-5H3,(H,27,30)(H,28,31)/t15?,17-,18-,19+,20?,21?,23?,25-,26+/m0/s1. The Bertz CT molecular complexity index is 792. The maximum Gasteiger partial charge on any atom is 0.243 e. The first-order valence-corrected chi connectivity index (χ1v) is 12.4. The number of amides is 2. The molecular formula is C26H40N2O3. The third kappa shape index (κ3) is 3.56. The van der Waals surface area contributed by atoms with Gasteiger partial charge in [-0.25, -0.2) is 0 Å². The van der Waals surface area contributed by atoms with Crippen LogP contribution >= 0.6 is 0 Å². The maximum absolute atomic E-state index is 13.4. The molecule has 0 aromatic heterocycles. The zero-order valence-electron chi connectivity index (χ0n) is 19.9. The lowest BCUT2D eigenvalue weighted by Gasteiger charge is -2.58. The van der Waals surface area contributed by atoms with E-state index in [9.17, 15) is 14.4 Å². The Balaban J connectivity index is 1.53. The Hall–Kier alpha value is -1.65. The first kappa shape index (κ1) is 22.5. The van der Waals surface area contributed by atoms with Gasteiger partial charge in [0.1, 0.15) is 0 Å². The highest BCUT2D eigenvalue weighted by atomic mass is 16.2. The number of hydrogen-bond donors (Lipinski definition) is 2. The van der Waals surface area contributed by atoms with Crippen LogP contribution in [0.1, 0.15) is 79.6 Å². The minimum atomic E-state index is -0.373. The molecule has 4 aliphatic rings. The molecular weight excluding hydrogens is 388 g/mol. The first-order chi connectivity index (χ1) is 14.6. The van der Waals surface area contributed by atoms with Gasteiger partial charge in [0, 0.05) is 17.4 Å². The summed E-state index contributed by atoms with van der Waals surface area (Å²) in [6, 6.07) is -0.134. The van der Waals surface area contributed by atoms with E-state index < -0.39 is 0 Å². The SMILES string of the molecule is CCC(C)C(NC(=O)C1CC[C@H]2[C@@H]3CCC4NC(=O)C=C[C@]4(C)[C@@H]3CC[C@]12C)C(C)=O. The molecule has 172 valence electrons. The molecule has 1 aliphatic heterocycles. The molecule has 5 heteroatoms. The molecule has 0 spiro atoms. The summed E-state index contributed by atoms with van der Waals surface area (Å²) in [6.45, 7) is 10.4. The minimum absolute atomic E-state index is 0.00325. The molecule has 1 heterocycles. The van der Waals surface area contributed by atoms with Gasteiger partial charge >= 0.3 is 0 Å². The van der Waals surface area contributed by atoms with E-state index >= 15 is 0 Å². The Labute approximate surface area is 187 Å². The zero-order chi connectivity index (χ0) is 22.6. The van der Waals surface area contributed by atoms with E-state index in [1.54, 1.807) is 13.0 Å². The largest absolute Gasteiger partial charge is 0.349 e. The summed E-state index contributed by atoms with van der Waals surface area (Å²) in [5.74, 6) is 2.06. The molecule has 9 atom stereocenters. The van der Waals surface area contributed by atoms with Gasteiger partial charge in [-0.3, -0.25) is 14.4 Å². The number of ketones is 1. The quantitative estimate of drug-likeness (QED) is 0.694. The lowest BCUT2D eigenvalue weighted by molar-refractivity contribution is -0.137. The van der Waals surface area contributed by atoms with Crippen LogP contribution in [0.3, 0.4) is 0 Å². The van der Waals surface area contributed by atoms with E-state index in [-0.39, 0.29) is 52.3 Å². The molecule has 4 unspecified atom stereocenters. The minimum Gasteiger partial charge on any atom is -0.349 e. The summed E-state index contributed by atoms with van der Waals surface area (Å²) >= 11 is 0. The van der Waals surface area contributed by atoms with Crippen molar-refractivity contribution in [2.24, 2.45) is 40.4 Å². The third-order valence-electron chi connectivity index (χ3n) is 9.95. The van der Waals surface area contributed by atoms with Crippen molar-refractivity contribution in [2.75, 3.05) is 0 Å². The summed E-state index contributed by atoms with van der Waals surface area (Å²) in [5.41, 5.74) is 0.0294. The highest BCUT2D eigenvalue weighted by Crippen LogP contribution is 2.65. The monoisotopic (exact) mass is 428 g/mol. The highest BCUT2D eigenvalue weighted by molar-refractivity contribution is 5.89. The summed E-state index contributed by atoms with van der Waals surface area (Å²) < 4.78 is 0. The van der Waals surface area contributed by atoms with Gasteiger partial charge in [-0.15, -0.1) is 0 Å². The van der Waals surface area contributed by atoms with Crippen molar-refractivity contribution < 1.29 is 14.4 Å². The number of carbonyl (C=O) groups excluding carboxylic acids is 3. The Morgan fingerprint density at radius 3 is 2.58 bits per heavy atom. The van der Waals surface area contributed by atoms with Gasteiger partial charge < -0.3 is 10.6 Å². The van der Waals surface area contributed by atoms with Crippen LogP contribution in [0.5, 0.6) is 0 Å². The molecule has 2 N–H and O–H groups in total. The van der Waals surface area contributed by atoms with Crippen LogP contribution in [0.4, 0.5) is 0 Å². The number of nitrogens with one attached hydrogen (secondary N) is 2. The van der Waals surface area contributed by atoms with Gasteiger partial charge in [0.05, 0.1) is 6.04 Å². The van der Waals surface area contributed by atoms with Crippen molar-refractivity contribution in [1.29, 1.82) is 0 Å². The van der Waals surface area contributed by atoms with Gasteiger partial charge in [0.15, 0.2) is 5.78 Å². The highest BCUT2D eigenvalue weighted by Gasteiger charge is 2.61. The zero-order valence-corrected chi connectivity index (χ0v) is 19.9. The third-order valence-corrected chi connectivity index (χ3v) is 9.95. The fourth-order valence-electron chi connectivity index (χ4n) is 7.90. The summed E-state index contributed by atoms with van der Waals surface area (Å²) in [4.78, 5) is 37.5. The first-order valence-electron chi connectivity index (χ1n) is 12.4. The van der Waals surface area contributed by atoms with Gasteiger partial charge in [-0.1, -0.05) is 40.2 Å². The Morgan fingerprint density at radius 1 is 1.16 bits per heavy atom. The van der Waals surface area contributed by atoms with Crippen LogP contribution in [0, 0.1) is 40.4 Å². The maximum atomic E-state index is 13.4. The van der Waals surface area contributed by atoms with Gasteiger partial charge in [-0.2, -0.15) is 0 Å². The molecule has 3 fully saturated rings. The molecule has 0 aromatic rings. The van der Waals surface area contributed by atoms with Crippen LogP contribution in [0.2, 0.25) is 0 Å². The van der Waals surface area contributed by atoms with Crippen LogP contribution in [-0.4, -0.2) is 29.7 Å². The van der Waals surface area contributed by atoms with Crippen LogP contribution in [0.15, 0.2) is 12.2 Å². The van der Waals surface area contributed by atoms with E-state index in [1.165, 1.54) is 0 Å². The Morgan fingerprint density at radius 2 is 1.90 bits per heavy atom. The molecule has 2 amide bonds. The molecule has 3 saturated carbocycles. The second kappa shape index (κ2) is 8.04. The van der Waals surface area contributed by atoms with E-state index in [4.69, 9.17) is 0 Å². The number of hydrogen-bond acceptors (Lipinski definition) is 3. The van der Waals surface area contributed by atoms with Crippen molar-refractivity contribution in [3.63, 3.8) is 0 Å². The second-order valence-electron chi connectivity index (χ2n) is 11.4. The molecule has 5 nitrogen and oxygen atoms in total. The molecule has 0 radical (unpaired) electrons. The number of carbonyl (C=O) groups is 3. The number of fused-ring (bicyclic) bond motifs is 5. The predicted octanol–water partition coefficient (Wildman–Crippen LogP) is 4.02. The molecule has 31 heavy (non-hydrogen) atoms. The predicted molar refractivity (Wildman–Crippen MR) is 121 cm³/mol. The normalized spacial score (nSPS) is 43.1. The fourth-order valence-corrected chi connectivity index (χ4v) is 7.90. The van der Waals surface area contributed by atoms with Crippen LogP contribution in [0.25, 0.3) is 0 Å². The lowest BCUT2D eigenvalue weighted by atomic mass is 9.48.